The Morgan fingerprint density at radius 1 is 0.395 bits per heavy atom. The quantitative estimate of drug-likeness (QED) is 0.151. The fraction of sp³-hybridized carbons (Fsp3) is 0.558. The van der Waals surface area contributed by atoms with Gasteiger partial charge in [-0.2, -0.15) is 11.3 Å². The van der Waals surface area contributed by atoms with Crippen molar-refractivity contribution in [1.82, 2.24) is 0 Å². The van der Waals surface area contributed by atoms with E-state index in [2.05, 4.69) is 240 Å². The Morgan fingerprint density at radius 2 is 0.877 bits per heavy atom. The molecule has 0 saturated heterocycles. The Kier molecular flexibility index (Phi) is 10.8. The predicted molar refractivity (Wildman–Crippen MR) is 352 cm³/mol. The third-order valence-corrected chi connectivity index (χ3v) is 25.9. The third kappa shape index (κ3) is 7.35. The monoisotopic (exact) mass is 1090 g/mol. The van der Waals surface area contributed by atoms with Crippen LogP contribution in [0.1, 0.15) is 283 Å². The first-order valence-electron chi connectivity index (χ1n) is 32.0. The third-order valence-electron chi connectivity index (χ3n) is 24.3. The van der Waals surface area contributed by atoms with Gasteiger partial charge in [-0.25, -0.2) is 0 Å². The second kappa shape index (κ2) is 16.1. The van der Waals surface area contributed by atoms with Crippen LogP contribution in [-0.4, -0.2) is 6.71 Å². The van der Waals surface area contributed by atoms with Crippen molar-refractivity contribution < 1.29 is 0 Å². The highest BCUT2D eigenvalue weighted by Gasteiger charge is 2.55. The molecule has 5 aromatic carbocycles. The van der Waals surface area contributed by atoms with Crippen LogP contribution >= 0.6 is 11.3 Å². The maximum absolute atomic E-state index is 2.92. The van der Waals surface area contributed by atoms with Gasteiger partial charge in [-0.3, -0.25) is 0 Å². The molecule has 4 bridgehead atoms. The largest absolute Gasteiger partial charge is 0.311 e. The first-order valence-corrected chi connectivity index (χ1v) is 32.8. The van der Waals surface area contributed by atoms with Crippen molar-refractivity contribution in [2.75, 3.05) is 9.80 Å². The van der Waals surface area contributed by atoms with E-state index in [4.69, 9.17) is 0 Å². The topological polar surface area (TPSA) is 6.48 Å². The van der Waals surface area contributed by atoms with Crippen molar-refractivity contribution in [3.8, 4) is 11.1 Å². The molecule has 8 aliphatic rings. The molecule has 0 N–H and O–H groups in total. The van der Waals surface area contributed by atoms with Gasteiger partial charge < -0.3 is 9.80 Å². The lowest BCUT2D eigenvalue weighted by Gasteiger charge is -2.51. The zero-order valence-electron chi connectivity index (χ0n) is 54.3. The molecule has 4 heterocycles. The van der Waals surface area contributed by atoms with E-state index in [9.17, 15) is 0 Å². The molecule has 81 heavy (non-hydrogen) atoms. The number of rotatable bonds is 1. The molecule has 6 aromatic rings. The minimum atomic E-state index is -0.182. The highest BCUT2D eigenvalue weighted by molar-refractivity contribution is 7.29. The fourth-order valence-electron chi connectivity index (χ4n) is 18.0. The zero-order valence-corrected chi connectivity index (χ0v) is 55.1. The van der Waals surface area contributed by atoms with Gasteiger partial charge in [-0.05, 0) is 245 Å². The van der Waals surface area contributed by atoms with E-state index >= 15 is 0 Å². The number of thiophene rings is 1. The summed E-state index contributed by atoms with van der Waals surface area (Å²) in [6.45, 7) is 56.1. The molecule has 0 saturated carbocycles. The molecule has 0 spiro atoms. The fourth-order valence-corrected chi connectivity index (χ4v) is 19.7. The van der Waals surface area contributed by atoms with Crippen LogP contribution in [0.15, 0.2) is 66.7 Å². The minimum absolute atomic E-state index is 0.00140. The minimum Gasteiger partial charge on any atom is -0.311 e. The number of benzene rings is 5. The van der Waals surface area contributed by atoms with Crippen molar-refractivity contribution in [1.29, 1.82) is 0 Å². The SMILES string of the molecule is CC(C)(C)c1cc2c3c(c1)N(c1ccc4c(c1)C(C)(C)CCC4(C)C)c1c(sc4c1C(C)(C)CCC4(C)C)B3c1cc3c4cc1N2c1cc2c(cc1-c1cc(cc5c1C(C)(C)CCC5(C)C)C4(C)CCC3(C)C)C(C)(C)CCC2(C)C. The Labute approximate surface area is 494 Å². The number of hydrogen-bond acceptors (Lipinski definition) is 3. The van der Waals surface area contributed by atoms with E-state index in [0.717, 1.165) is 12.8 Å². The normalized spacial score (nSPS) is 25.0. The second-order valence-corrected chi connectivity index (χ2v) is 36.2. The van der Waals surface area contributed by atoms with E-state index < -0.39 is 0 Å². The highest BCUT2D eigenvalue weighted by atomic mass is 32.1. The van der Waals surface area contributed by atoms with Gasteiger partial charge >= 0.3 is 0 Å². The van der Waals surface area contributed by atoms with E-state index in [-0.39, 0.29) is 66.3 Å². The Hall–Kier alpha value is -4.54. The number of nitrogens with zero attached hydrogens (tertiary/aromatic N) is 2. The summed E-state index contributed by atoms with van der Waals surface area (Å²) in [5.41, 5.74) is 31.2. The van der Waals surface area contributed by atoms with E-state index in [1.807, 2.05) is 0 Å². The van der Waals surface area contributed by atoms with Gasteiger partial charge in [0, 0.05) is 43.4 Å². The van der Waals surface area contributed by atoms with Crippen LogP contribution in [0.4, 0.5) is 34.1 Å². The molecule has 0 radical (unpaired) electrons. The molecule has 1 atom stereocenters. The standard InChI is InChI=1S/C77H97BN2S/c1-67(2,3)44-37-59-63-60(38-44)80-57-42-53-51(70(8,9)27-28-71(53,10)11)40-47(57)48-35-45(36-55-61(48)74(16,17)30-29-73(55,14)15)77(22)34-33-72(12,13)52-41-56(58(80)43-54(52)77)78(63)66-64(62-65(81-66)76(20,21)32-31-75(62,18)19)79(59)46-23-24-49-50(39-46)69(6,7)26-25-68(49,4)5/h23-24,35-43H,25-34H2,1-22H3. The molecule has 4 heteroatoms. The maximum Gasteiger partial charge on any atom is 0.264 e. The summed E-state index contributed by atoms with van der Waals surface area (Å²) < 4.78 is 1.55. The summed E-state index contributed by atoms with van der Waals surface area (Å²) in [5, 5.41) is 0. The highest BCUT2D eigenvalue weighted by Crippen LogP contribution is 2.63. The Morgan fingerprint density at radius 3 is 1.48 bits per heavy atom. The van der Waals surface area contributed by atoms with Gasteiger partial charge in [0.25, 0.3) is 6.71 Å². The zero-order chi connectivity index (χ0) is 58.1. The summed E-state index contributed by atoms with van der Waals surface area (Å²) >= 11 is 2.20. The van der Waals surface area contributed by atoms with Crippen LogP contribution in [0.5, 0.6) is 0 Å². The van der Waals surface area contributed by atoms with Crippen LogP contribution < -0.4 is 25.5 Å². The molecule has 1 aromatic heterocycles. The van der Waals surface area contributed by atoms with Gasteiger partial charge in [0.05, 0.1) is 11.4 Å². The number of fused-ring (bicyclic) bond motifs is 16. The smallest absolute Gasteiger partial charge is 0.264 e. The number of hydrogen-bond donors (Lipinski definition) is 0. The summed E-state index contributed by atoms with van der Waals surface area (Å²) in [6.07, 6.45) is 11.8. The van der Waals surface area contributed by atoms with Crippen LogP contribution in [0, 0.1) is 0 Å². The average Bonchev–Trinajstić information content (AvgIpc) is 3.97. The molecule has 5 aliphatic carbocycles. The molecular weight excluding hydrogens is 996 g/mol. The van der Waals surface area contributed by atoms with E-state index in [1.54, 1.807) is 43.0 Å². The van der Waals surface area contributed by atoms with Gasteiger partial charge in [-0.15, -0.1) is 0 Å². The molecule has 1 unspecified atom stereocenters. The number of anilines is 6. The Bertz CT molecular complexity index is 3770. The lowest BCUT2D eigenvalue weighted by atomic mass is 9.35. The lowest BCUT2D eigenvalue weighted by molar-refractivity contribution is 0.328. The summed E-state index contributed by atoms with van der Waals surface area (Å²) in [4.78, 5) is 7.41. The molecule has 3 aliphatic heterocycles. The molecule has 424 valence electrons. The van der Waals surface area contributed by atoms with E-state index in [1.165, 1.54) is 135 Å². The molecule has 2 nitrogen and oxygen atoms in total. The first kappa shape index (κ1) is 54.4. The van der Waals surface area contributed by atoms with Crippen LogP contribution in [-0.2, 0) is 59.6 Å². The first-order chi connectivity index (χ1) is 37.3. The summed E-state index contributed by atoms with van der Waals surface area (Å²) in [7, 11) is 0. The summed E-state index contributed by atoms with van der Waals surface area (Å²) in [6, 6.07) is 30.0. The van der Waals surface area contributed by atoms with Crippen LogP contribution in [0.3, 0.4) is 0 Å². The van der Waals surface area contributed by atoms with Crippen LogP contribution in [0.2, 0.25) is 0 Å². The lowest BCUT2D eigenvalue weighted by Crippen LogP contribution is -2.61. The van der Waals surface area contributed by atoms with Crippen molar-refractivity contribution in [3.63, 3.8) is 0 Å². The second-order valence-electron chi connectivity index (χ2n) is 35.1. The van der Waals surface area contributed by atoms with Crippen molar-refractivity contribution in [3.05, 3.63) is 133 Å². The predicted octanol–water partition coefficient (Wildman–Crippen LogP) is 19.9. The van der Waals surface area contributed by atoms with Crippen molar-refractivity contribution in [2.45, 2.75) is 276 Å². The summed E-state index contributed by atoms with van der Waals surface area (Å²) in [5.74, 6) is 0. The molecule has 14 rings (SSSR count). The molecule has 0 amide bonds. The molecule has 0 fully saturated rings. The van der Waals surface area contributed by atoms with Crippen LogP contribution in [0.25, 0.3) is 11.1 Å². The Balaban J connectivity index is 1.20. The van der Waals surface area contributed by atoms with Gasteiger partial charge in [0.15, 0.2) is 0 Å². The van der Waals surface area contributed by atoms with Gasteiger partial charge in [0.2, 0.25) is 0 Å². The maximum atomic E-state index is 2.92. The van der Waals surface area contributed by atoms with Crippen molar-refractivity contribution >= 4 is 67.9 Å². The van der Waals surface area contributed by atoms with Gasteiger partial charge in [-0.1, -0.05) is 171 Å². The molecular formula is C77H97BN2S. The average molecular weight is 1090 g/mol. The van der Waals surface area contributed by atoms with Crippen molar-refractivity contribution in [2.24, 2.45) is 0 Å². The van der Waals surface area contributed by atoms with Gasteiger partial charge in [0.1, 0.15) is 0 Å². The van der Waals surface area contributed by atoms with E-state index in [0.29, 0.717) is 0 Å².